The molecule has 0 atom stereocenters. The maximum absolute atomic E-state index is 14.0. The molecule has 6 heteroatoms. The van der Waals surface area contributed by atoms with E-state index in [0.29, 0.717) is 11.0 Å². The van der Waals surface area contributed by atoms with Crippen molar-refractivity contribution in [1.29, 1.82) is 5.26 Å². The number of carbonyl (C=O) groups is 1. The SMILES string of the molecule is N#Cc1ccc(-n2cnc3cc(C(=O)O)ccc32)c(F)c1. The van der Waals surface area contributed by atoms with Crippen molar-refractivity contribution in [2.75, 3.05) is 0 Å². The molecule has 102 valence electrons. The molecule has 0 saturated heterocycles. The number of carboxylic acids is 1. The number of aromatic nitrogens is 2. The highest BCUT2D eigenvalue weighted by Crippen LogP contribution is 2.22. The van der Waals surface area contributed by atoms with Gasteiger partial charge in [-0.1, -0.05) is 0 Å². The highest BCUT2D eigenvalue weighted by molar-refractivity contribution is 5.92. The van der Waals surface area contributed by atoms with E-state index in [4.69, 9.17) is 10.4 Å². The van der Waals surface area contributed by atoms with Gasteiger partial charge in [0, 0.05) is 0 Å². The topological polar surface area (TPSA) is 78.9 Å². The Morgan fingerprint density at radius 3 is 2.76 bits per heavy atom. The summed E-state index contributed by atoms with van der Waals surface area (Å²) in [5, 5.41) is 17.7. The lowest BCUT2D eigenvalue weighted by Crippen LogP contribution is -1.98. The van der Waals surface area contributed by atoms with Crippen LogP contribution in [0.3, 0.4) is 0 Å². The standard InChI is InChI=1S/C15H8FN3O2/c16-11-5-9(7-17)1-3-13(11)19-8-18-12-6-10(15(20)21)2-4-14(12)19/h1-6,8H,(H,20,21). The molecular formula is C15H8FN3O2. The van der Waals surface area contributed by atoms with Gasteiger partial charge < -0.3 is 5.11 Å². The van der Waals surface area contributed by atoms with Gasteiger partial charge in [0.05, 0.1) is 33.9 Å². The molecule has 2 aromatic carbocycles. The summed E-state index contributed by atoms with van der Waals surface area (Å²) < 4.78 is 15.6. The molecule has 0 aliphatic rings. The summed E-state index contributed by atoms with van der Waals surface area (Å²) in [6.07, 6.45) is 1.42. The number of nitriles is 1. The minimum atomic E-state index is -1.05. The Morgan fingerprint density at radius 1 is 1.29 bits per heavy atom. The van der Waals surface area contributed by atoms with Crippen LogP contribution >= 0.6 is 0 Å². The lowest BCUT2D eigenvalue weighted by Gasteiger charge is -2.06. The minimum Gasteiger partial charge on any atom is -0.478 e. The van der Waals surface area contributed by atoms with Gasteiger partial charge in [-0.15, -0.1) is 0 Å². The van der Waals surface area contributed by atoms with E-state index in [-0.39, 0.29) is 16.8 Å². The number of halogens is 1. The molecule has 1 heterocycles. The van der Waals surface area contributed by atoms with Crippen LogP contribution in [-0.2, 0) is 0 Å². The number of imidazole rings is 1. The third-order valence-electron chi connectivity index (χ3n) is 3.13. The predicted molar refractivity (Wildman–Crippen MR) is 72.7 cm³/mol. The first-order valence-electron chi connectivity index (χ1n) is 6.00. The minimum absolute atomic E-state index is 0.119. The summed E-state index contributed by atoms with van der Waals surface area (Å²) in [6, 6.07) is 10.4. The Kier molecular flexibility index (Phi) is 2.88. The van der Waals surface area contributed by atoms with Gasteiger partial charge in [0.1, 0.15) is 12.1 Å². The van der Waals surface area contributed by atoms with Crippen LogP contribution in [0.1, 0.15) is 15.9 Å². The number of carboxylic acid groups (broad SMARTS) is 1. The molecule has 0 radical (unpaired) electrons. The fourth-order valence-electron chi connectivity index (χ4n) is 2.11. The molecule has 0 amide bonds. The molecule has 1 N–H and O–H groups in total. The largest absolute Gasteiger partial charge is 0.478 e. The van der Waals surface area contributed by atoms with Gasteiger partial charge in [-0.05, 0) is 36.4 Å². The number of hydrogen-bond donors (Lipinski definition) is 1. The number of hydrogen-bond acceptors (Lipinski definition) is 3. The fourth-order valence-corrected chi connectivity index (χ4v) is 2.11. The Bertz CT molecular complexity index is 909. The van der Waals surface area contributed by atoms with Crippen LogP contribution in [0.4, 0.5) is 4.39 Å². The van der Waals surface area contributed by atoms with Gasteiger partial charge in [0.2, 0.25) is 0 Å². The quantitative estimate of drug-likeness (QED) is 0.783. The Balaban J connectivity index is 2.18. The Hall–Kier alpha value is -3.20. The van der Waals surface area contributed by atoms with Crippen molar-refractivity contribution < 1.29 is 14.3 Å². The molecule has 0 spiro atoms. The Morgan fingerprint density at radius 2 is 2.10 bits per heavy atom. The summed E-state index contributed by atoms with van der Waals surface area (Å²) in [5.41, 5.74) is 1.64. The van der Waals surface area contributed by atoms with E-state index < -0.39 is 11.8 Å². The second-order valence-corrected chi connectivity index (χ2v) is 4.40. The van der Waals surface area contributed by atoms with E-state index in [9.17, 15) is 9.18 Å². The van der Waals surface area contributed by atoms with Gasteiger partial charge in [-0.2, -0.15) is 5.26 Å². The lowest BCUT2D eigenvalue weighted by atomic mass is 10.2. The van der Waals surface area contributed by atoms with Crippen molar-refractivity contribution in [1.82, 2.24) is 9.55 Å². The van der Waals surface area contributed by atoms with Crippen molar-refractivity contribution in [3.8, 4) is 11.8 Å². The van der Waals surface area contributed by atoms with E-state index in [1.807, 2.05) is 6.07 Å². The molecule has 3 aromatic rings. The van der Waals surface area contributed by atoms with Crippen LogP contribution in [0.15, 0.2) is 42.7 Å². The van der Waals surface area contributed by atoms with Gasteiger partial charge in [-0.25, -0.2) is 14.2 Å². The average Bonchev–Trinajstić information content (AvgIpc) is 2.89. The predicted octanol–water partition coefficient (Wildman–Crippen LogP) is 2.73. The molecule has 0 aliphatic heterocycles. The number of fused-ring (bicyclic) bond motifs is 1. The maximum atomic E-state index is 14.0. The van der Waals surface area contributed by atoms with Crippen LogP contribution < -0.4 is 0 Å². The number of aromatic carboxylic acids is 1. The van der Waals surface area contributed by atoms with Gasteiger partial charge in [0.15, 0.2) is 0 Å². The molecule has 0 fully saturated rings. The highest BCUT2D eigenvalue weighted by atomic mass is 19.1. The zero-order valence-electron chi connectivity index (χ0n) is 10.6. The molecule has 0 aliphatic carbocycles. The first kappa shape index (κ1) is 12.8. The molecule has 0 saturated carbocycles. The van der Waals surface area contributed by atoms with E-state index in [0.717, 1.165) is 6.07 Å². The monoisotopic (exact) mass is 281 g/mol. The number of nitrogens with zero attached hydrogens (tertiary/aromatic N) is 3. The second-order valence-electron chi connectivity index (χ2n) is 4.40. The van der Waals surface area contributed by atoms with Gasteiger partial charge in [-0.3, -0.25) is 4.57 Å². The number of rotatable bonds is 2. The first-order chi connectivity index (χ1) is 10.1. The summed E-state index contributed by atoms with van der Waals surface area (Å²) in [4.78, 5) is 15.0. The fraction of sp³-hybridized carbons (Fsp3) is 0. The summed E-state index contributed by atoms with van der Waals surface area (Å²) in [6.45, 7) is 0. The smallest absolute Gasteiger partial charge is 0.335 e. The average molecular weight is 281 g/mol. The van der Waals surface area contributed by atoms with Gasteiger partial charge >= 0.3 is 5.97 Å². The molecule has 21 heavy (non-hydrogen) atoms. The molecule has 3 rings (SSSR count). The Labute approximate surface area is 118 Å². The molecular weight excluding hydrogens is 273 g/mol. The van der Waals surface area contributed by atoms with Crippen LogP contribution in [0.25, 0.3) is 16.7 Å². The van der Waals surface area contributed by atoms with Crippen molar-refractivity contribution in [2.45, 2.75) is 0 Å². The van der Waals surface area contributed by atoms with Crippen LogP contribution in [0.2, 0.25) is 0 Å². The van der Waals surface area contributed by atoms with E-state index >= 15 is 0 Å². The molecule has 0 bridgehead atoms. The highest BCUT2D eigenvalue weighted by Gasteiger charge is 2.12. The molecule has 0 unspecified atom stereocenters. The second kappa shape index (κ2) is 4.72. The molecule has 5 nitrogen and oxygen atoms in total. The van der Waals surface area contributed by atoms with Crippen LogP contribution in [0, 0.1) is 17.1 Å². The van der Waals surface area contributed by atoms with Crippen LogP contribution in [0.5, 0.6) is 0 Å². The summed E-state index contributed by atoms with van der Waals surface area (Å²) in [7, 11) is 0. The zero-order chi connectivity index (χ0) is 15.0. The van der Waals surface area contributed by atoms with E-state index in [1.165, 1.54) is 35.2 Å². The van der Waals surface area contributed by atoms with Crippen LogP contribution in [-0.4, -0.2) is 20.6 Å². The van der Waals surface area contributed by atoms with Crippen molar-refractivity contribution >= 4 is 17.0 Å². The molecule has 1 aromatic heterocycles. The third-order valence-corrected chi connectivity index (χ3v) is 3.13. The zero-order valence-corrected chi connectivity index (χ0v) is 10.6. The normalized spacial score (nSPS) is 10.5. The summed E-state index contributed by atoms with van der Waals surface area (Å²) in [5.74, 6) is -1.59. The van der Waals surface area contributed by atoms with E-state index in [1.54, 1.807) is 6.07 Å². The van der Waals surface area contributed by atoms with Gasteiger partial charge in [0.25, 0.3) is 0 Å². The third kappa shape index (κ3) is 2.11. The summed E-state index contributed by atoms with van der Waals surface area (Å²) >= 11 is 0. The van der Waals surface area contributed by atoms with Crippen molar-refractivity contribution in [2.24, 2.45) is 0 Å². The maximum Gasteiger partial charge on any atom is 0.335 e. The van der Waals surface area contributed by atoms with Crippen molar-refractivity contribution in [3.05, 3.63) is 59.7 Å². The van der Waals surface area contributed by atoms with Crippen molar-refractivity contribution in [3.63, 3.8) is 0 Å². The van der Waals surface area contributed by atoms with E-state index in [2.05, 4.69) is 4.98 Å². The number of benzene rings is 2. The first-order valence-corrected chi connectivity index (χ1v) is 6.00. The lowest BCUT2D eigenvalue weighted by molar-refractivity contribution is 0.0697.